The molecule has 0 saturated heterocycles. The maximum Gasteiger partial charge on any atom is 0.320 e. The van der Waals surface area contributed by atoms with E-state index in [1.165, 1.54) is 25.3 Å². The molecule has 0 aromatic heterocycles. The van der Waals surface area contributed by atoms with E-state index < -0.39 is 17.8 Å². The van der Waals surface area contributed by atoms with Gasteiger partial charge in [-0.1, -0.05) is 6.07 Å². The number of hydrogen-bond acceptors (Lipinski definition) is 3. The first kappa shape index (κ1) is 11.5. The van der Waals surface area contributed by atoms with Gasteiger partial charge >= 0.3 is 5.97 Å². The monoisotopic (exact) mass is 213 g/mol. The van der Waals surface area contributed by atoms with Gasteiger partial charge in [-0.25, -0.2) is 4.39 Å². The number of benzene rings is 1. The molecule has 1 unspecified atom stereocenters. The van der Waals surface area contributed by atoms with Gasteiger partial charge in [0.15, 0.2) is 0 Å². The molecule has 0 saturated carbocycles. The topological polar surface area (TPSA) is 72.5 Å². The van der Waals surface area contributed by atoms with Crippen molar-refractivity contribution < 1.29 is 19.0 Å². The molecule has 1 rings (SSSR count). The highest BCUT2D eigenvalue weighted by atomic mass is 19.1. The molecule has 0 aliphatic heterocycles. The largest absolute Gasteiger partial charge is 0.496 e. The van der Waals surface area contributed by atoms with Gasteiger partial charge in [-0.3, -0.25) is 4.79 Å². The van der Waals surface area contributed by atoms with Gasteiger partial charge in [0.05, 0.1) is 7.11 Å². The van der Waals surface area contributed by atoms with Crippen molar-refractivity contribution in [2.75, 3.05) is 7.11 Å². The van der Waals surface area contributed by atoms with Crippen molar-refractivity contribution in [3.05, 3.63) is 29.6 Å². The van der Waals surface area contributed by atoms with E-state index in [4.69, 9.17) is 15.6 Å². The van der Waals surface area contributed by atoms with Crippen LogP contribution in [-0.4, -0.2) is 24.2 Å². The standard InChI is InChI=1S/C10H12FNO3/c1-15-9-5-7(11)3-2-6(9)4-8(12)10(13)14/h2-3,5,8H,4,12H2,1H3,(H,13,14). The molecule has 4 nitrogen and oxygen atoms in total. The lowest BCUT2D eigenvalue weighted by atomic mass is 10.1. The molecule has 0 spiro atoms. The third kappa shape index (κ3) is 2.92. The summed E-state index contributed by atoms with van der Waals surface area (Å²) in [6, 6.07) is 2.90. The third-order valence-electron chi connectivity index (χ3n) is 2.01. The minimum Gasteiger partial charge on any atom is -0.496 e. The van der Waals surface area contributed by atoms with Gasteiger partial charge in [-0.15, -0.1) is 0 Å². The quantitative estimate of drug-likeness (QED) is 0.775. The number of hydrogen-bond donors (Lipinski definition) is 2. The van der Waals surface area contributed by atoms with Crippen LogP contribution in [0.3, 0.4) is 0 Å². The Hall–Kier alpha value is -1.62. The molecule has 15 heavy (non-hydrogen) atoms. The zero-order valence-electron chi connectivity index (χ0n) is 8.24. The highest BCUT2D eigenvalue weighted by Gasteiger charge is 2.15. The Bertz CT molecular complexity index is 368. The Morgan fingerprint density at radius 1 is 1.67 bits per heavy atom. The van der Waals surface area contributed by atoms with Crippen molar-refractivity contribution in [1.29, 1.82) is 0 Å². The average molecular weight is 213 g/mol. The van der Waals surface area contributed by atoms with Crippen LogP contribution in [0.15, 0.2) is 18.2 Å². The first-order valence-corrected chi connectivity index (χ1v) is 4.35. The number of carbonyl (C=O) groups is 1. The summed E-state index contributed by atoms with van der Waals surface area (Å²) in [6.45, 7) is 0. The Morgan fingerprint density at radius 2 is 2.33 bits per heavy atom. The van der Waals surface area contributed by atoms with E-state index in [0.717, 1.165) is 0 Å². The molecule has 0 heterocycles. The molecule has 1 aromatic carbocycles. The number of carboxylic acid groups (broad SMARTS) is 1. The van der Waals surface area contributed by atoms with Gasteiger partial charge in [0.1, 0.15) is 17.6 Å². The number of aliphatic carboxylic acids is 1. The molecule has 0 radical (unpaired) electrons. The van der Waals surface area contributed by atoms with Crippen LogP contribution in [0.25, 0.3) is 0 Å². The van der Waals surface area contributed by atoms with E-state index in [9.17, 15) is 9.18 Å². The summed E-state index contributed by atoms with van der Waals surface area (Å²) in [5.74, 6) is -1.22. The normalized spacial score (nSPS) is 12.2. The number of methoxy groups -OCH3 is 1. The van der Waals surface area contributed by atoms with Crippen molar-refractivity contribution in [2.45, 2.75) is 12.5 Å². The van der Waals surface area contributed by atoms with E-state index in [1.54, 1.807) is 0 Å². The highest BCUT2D eigenvalue weighted by Crippen LogP contribution is 2.20. The van der Waals surface area contributed by atoms with Crippen molar-refractivity contribution in [1.82, 2.24) is 0 Å². The lowest BCUT2D eigenvalue weighted by molar-refractivity contribution is -0.138. The molecule has 0 fully saturated rings. The maximum absolute atomic E-state index is 12.8. The Kier molecular flexibility index (Phi) is 3.62. The lowest BCUT2D eigenvalue weighted by Gasteiger charge is -2.10. The third-order valence-corrected chi connectivity index (χ3v) is 2.01. The minimum absolute atomic E-state index is 0.110. The van der Waals surface area contributed by atoms with Gasteiger partial charge in [-0.05, 0) is 11.6 Å². The summed E-state index contributed by atoms with van der Waals surface area (Å²) in [5.41, 5.74) is 5.94. The molecule has 3 N–H and O–H groups in total. The van der Waals surface area contributed by atoms with Gasteiger partial charge < -0.3 is 15.6 Å². The molecule has 0 aliphatic carbocycles. The Morgan fingerprint density at radius 3 is 2.87 bits per heavy atom. The van der Waals surface area contributed by atoms with Crippen molar-refractivity contribution in [3.63, 3.8) is 0 Å². The van der Waals surface area contributed by atoms with E-state index in [1.807, 2.05) is 0 Å². The van der Waals surface area contributed by atoms with E-state index >= 15 is 0 Å². The predicted molar refractivity (Wildman–Crippen MR) is 52.3 cm³/mol. The summed E-state index contributed by atoms with van der Waals surface area (Å²) < 4.78 is 17.7. The van der Waals surface area contributed by atoms with Crippen molar-refractivity contribution in [2.24, 2.45) is 5.73 Å². The summed E-state index contributed by atoms with van der Waals surface area (Å²) in [4.78, 5) is 10.5. The second-order valence-corrected chi connectivity index (χ2v) is 3.11. The number of carboxylic acids is 1. The molecule has 0 bridgehead atoms. The van der Waals surface area contributed by atoms with Gasteiger partial charge in [0, 0.05) is 12.5 Å². The number of nitrogens with two attached hydrogens (primary N) is 1. The van der Waals surface area contributed by atoms with Crippen LogP contribution in [0.4, 0.5) is 4.39 Å². The fourth-order valence-electron chi connectivity index (χ4n) is 1.21. The van der Waals surface area contributed by atoms with Crippen LogP contribution in [-0.2, 0) is 11.2 Å². The fourth-order valence-corrected chi connectivity index (χ4v) is 1.21. The van der Waals surface area contributed by atoms with Crippen LogP contribution in [0.1, 0.15) is 5.56 Å². The molecule has 5 heteroatoms. The summed E-state index contributed by atoms with van der Waals surface area (Å²) in [5, 5.41) is 8.62. The minimum atomic E-state index is -1.10. The average Bonchev–Trinajstić information content (AvgIpc) is 2.20. The zero-order valence-corrected chi connectivity index (χ0v) is 8.24. The highest BCUT2D eigenvalue weighted by molar-refractivity contribution is 5.73. The van der Waals surface area contributed by atoms with Crippen molar-refractivity contribution >= 4 is 5.97 Å². The fraction of sp³-hybridized carbons (Fsp3) is 0.300. The molecule has 0 aliphatic rings. The number of rotatable bonds is 4. The van der Waals surface area contributed by atoms with Crippen LogP contribution >= 0.6 is 0 Å². The van der Waals surface area contributed by atoms with Crippen LogP contribution in [0.5, 0.6) is 5.75 Å². The molecule has 1 atom stereocenters. The van der Waals surface area contributed by atoms with Gasteiger partial charge in [0.2, 0.25) is 0 Å². The molecular weight excluding hydrogens is 201 g/mol. The van der Waals surface area contributed by atoms with E-state index in [-0.39, 0.29) is 6.42 Å². The zero-order chi connectivity index (χ0) is 11.4. The first-order chi connectivity index (χ1) is 7.04. The predicted octanol–water partition coefficient (Wildman–Crippen LogP) is 0.789. The Balaban J connectivity index is 2.89. The van der Waals surface area contributed by atoms with E-state index in [0.29, 0.717) is 11.3 Å². The van der Waals surface area contributed by atoms with Crippen molar-refractivity contribution in [3.8, 4) is 5.75 Å². The summed E-state index contributed by atoms with van der Waals surface area (Å²) in [6.07, 6.45) is 0.110. The molecule has 1 aromatic rings. The smallest absolute Gasteiger partial charge is 0.320 e. The summed E-state index contributed by atoms with van der Waals surface area (Å²) in [7, 11) is 1.39. The number of ether oxygens (including phenoxy) is 1. The van der Waals surface area contributed by atoms with Gasteiger partial charge in [-0.2, -0.15) is 0 Å². The second-order valence-electron chi connectivity index (χ2n) is 3.11. The van der Waals surface area contributed by atoms with Crippen LogP contribution in [0.2, 0.25) is 0 Å². The first-order valence-electron chi connectivity index (χ1n) is 4.35. The van der Waals surface area contributed by atoms with Gasteiger partial charge in [0.25, 0.3) is 0 Å². The molecular formula is C10H12FNO3. The Labute approximate surface area is 86.5 Å². The second kappa shape index (κ2) is 4.75. The number of halogens is 1. The van der Waals surface area contributed by atoms with Crippen LogP contribution < -0.4 is 10.5 Å². The SMILES string of the molecule is COc1cc(F)ccc1CC(N)C(=O)O. The maximum atomic E-state index is 12.8. The van der Waals surface area contributed by atoms with Crippen LogP contribution in [0, 0.1) is 5.82 Å². The van der Waals surface area contributed by atoms with E-state index in [2.05, 4.69) is 0 Å². The lowest BCUT2D eigenvalue weighted by Crippen LogP contribution is -2.32. The molecule has 82 valence electrons. The summed E-state index contributed by atoms with van der Waals surface area (Å²) >= 11 is 0. The molecule has 0 amide bonds.